The molecule has 17 N–H and O–H groups in total. The second-order valence-electron chi connectivity index (χ2n) is 30.8. The molecule has 5 saturated carbocycles. The van der Waals surface area contributed by atoms with Crippen LogP contribution in [0.4, 0.5) is 5.82 Å². The molecule has 10 aliphatic rings. The lowest BCUT2D eigenvalue weighted by Gasteiger charge is -2.76. The number of nitrogens with two attached hydrogens (primary N) is 1. The summed E-state index contributed by atoms with van der Waals surface area (Å²) >= 11 is 0. The summed E-state index contributed by atoms with van der Waals surface area (Å²) in [5.41, 5.74) is 2.22. The van der Waals surface area contributed by atoms with E-state index in [0.717, 1.165) is 24.2 Å². The zero-order chi connectivity index (χ0) is 62.8. The van der Waals surface area contributed by atoms with Gasteiger partial charge in [0, 0.05) is 79.8 Å². The van der Waals surface area contributed by atoms with Crippen molar-refractivity contribution in [1.82, 2.24) is 35.9 Å². The average Bonchev–Trinajstić information content (AvgIpc) is 0.686. The molecule has 2 aromatic heterocycles. The lowest BCUT2D eigenvalue weighted by molar-refractivity contribution is -0.343. The highest BCUT2D eigenvalue weighted by Gasteiger charge is 2.79. The van der Waals surface area contributed by atoms with Crippen molar-refractivity contribution in [2.75, 3.05) is 57.9 Å². The fourth-order valence-corrected chi connectivity index (χ4v) is 21.8. The van der Waals surface area contributed by atoms with Crippen LogP contribution in [0.25, 0.3) is 0 Å². The fourth-order valence-electron chi connectivity index (χ4n) is 21.8. The average molecular weight is 1230 g/mol. The summed E-state index contributed by atoms with van der Waals surface area (Å²) in [5.74, 6) is 1.60. The SMILES string of the molecule is CC(C)CCNCCNCC(C(N)O)C(O)C(c1cnc[nH]1)C1NC(=O)C23CCCC2C#CC2C=C4C5CC(C)(CO)CCC5(C(=O)O)C5CNc6nc[nH]c6CC5C4(C)C4(C)CCC5C(C)(CO)C(OC6OCC(O)C(O)C6O)C(O)C(CC13)C5(C)C24. The third kappa shape index (κ3) is 9.48. The van der Waals surface area contributed by atoms with E-state index in [2.05, 4.69) is 95.7 Å². The van der Waals surface area contributed by atoms with Crippen molar-refractivity contribution in [2.45, 2.75) is 180 Å². The van der Waals surface area contributed by atoms with E-state index in [1.807, 2.05) is 6.92 Å². The van der Waals surface area contributed by atoms with Crippen molar-refractivity contribution in [3.05, 3.63) is 41.9 Å². The van der Waals surface area contributed by atoms with Gasteiger partial charge in [-0.05, 0) is 140 Å². The number of allylic oxidation sites excluding steroid dienone is 2. The van der Waals surface area contributed by atoms with Gasteiger partial charge in [0.1, 0.15) is 30.4 Å². The van der Waals surface area contributed by atoms with Gasteiger partial charge in [0.25, 0.3) is 0 Å². The molecule has 0 bridgehead atoms. The Bertz CT molecular complexity index is 2970. The summed E-state index contributed by atoms with van der Waals surface area (Å²) in [4.78, 5) is 46.5. The summed E-state index contributed by atoms with van der Waals surface area (Å²) in [5, 5.41) is 122. The first-order valence-electron chi connectivity index (χ1n) is 33.1. The van der Waals surface area contributed by atoms with E-state index in [-0.39, 0.29) is 38.0 Å². The number of hydrogen-bond acceptors (Lipinski definition) is 18. The number of aromatic amines is 2. The molecule has 1 spiro atoms. The molecule has 27 unspecified atom stereocenters. The Morgan fingerprint density at radius 3 is 2.39 bits per heavy atom. The number of imidazole rings is 2. The van der Waals surface area contributed by atoms with Crippen LogP contribution in [0.5, 0.6) is 0 Å². The minimum Gasteiger partial charge on any atom is -0.481 e. The monoisotopic (exact) mass is 1230 g/mol. The van der Waals surface area contributed by atoms with Crippen molar-refractivity contribution in [3.63, 3.8) is 0 Å². The zero-order valence-electron chi connectivity index (χ0n) is 52.5. The van der Waals surface area contributed by atoms with Crippen LogP contribution in [0.1, 0.15) is 130 Å². The van der Waals surface area contributed by atoms with Crippen LogP contribution in [0.3, 0.4) is 0 Å². The van der Waals surface area contributed by atoms with Crippen molar-refractivity contribution in [1.29, 1.82) is 0 Å². The number of hydrogen-bond donors (Lipinski definition) is 16. The summed E-state index contributed by atoms with van der Waals surface area (Å²) in [6.45, 7) is 16.9. The van der Waals surface area contributed by atoms with Crippen molar-refractivity contribution in [2.24, 2.45) is 109 Å². The lowest BCUT2D eigenvalue weighted by atomic mass is 9.28. The molecule has 5 heterocycles. The van der Waals surface area contributed by atoms with E-state index in [0.29, 0.717) is 94.9 Å². The Labute approximate surface area is 517 Å². The van der Waals surface area contributed by atoms with Crippen LogP contribution in [0.2, 0.25) is 0 Å². The minimum absolute atomic E-state index is 0.106. The van der Waals surface area contributed by atoms with Gasteiger partial charge in [0.15, 0.2) is 6.29 Å². The van der Waals surface area contributed by atoms with E-state index >= 15 is 4.79 Å². The number of ether oxygens (including phenoxy) is 2. The Morgan fingerprint density at radius 1 is 0.909 bits per heavy atom. The highest BCUT2D eigenvalue weighted by atomic mass is 16.7. The number of nitrogens with zero attached hydrogens (tertiary/aromatic N) is 2. The van der Waals surface area contributed by atoms with E-state index < -0.39 is 165 Å². The summed E-state index contributed by atoms with van der Waals surface area (Å²) in [6.07, 6.45) is 1.17. The molecular formula is C66H101N9O13. The van der Waals surface area contributed by atoms with Gasteiger partial charge in [0.2, 0.25) is 5.91 Å². The number of carboxylic acid groups (broad SMARTS) is 1. The molecule has 7 fully saturated rings. The van der Waals surface area contributed by atoms with Crippen LogP contribution in [0.15, 0.2) is 30.5 Å². The van der Waals surface area contributed by atoms with Crippen LogP contribution in [-0.4, -0.2) is 185 Å². The maximum Gasteiger partial charge on any atom is 0.310 e. The summed E-state index contributed by atoms with van der Waals surface area (Å²) in [6, 6.07) is -0.845. The van der Waals surface area contributed by atoms with E-state index in [9.17, 15) is 50.8 Å². The first kappa shape index (κ1) is 64.1. The number of aliphatic hydroxyl groups excluding tert-OH is 8. The Hall–Kier alpha value is -4.06. The molecule has 1 amide bonds. The van der Waals surface area contributed by atoms with Gasteiger partial charge in [-0.1, -0.05) is 78.4 Å². The van der Waals surface area contributed by atoms with Crippen LogP contribution >= 0.6 is 0 Å². The second-order valence-corrected chi connectivity index (χ2v) is 30.8. The zero-order valence-corrected chi connectivity index (χ0v) is 52.5. The number of aromatic nitrogens is 4. The predicted molar refractivity (Wildman–Crippen MR) is 324 cm³/mol. The lowest BCUT2D eigenvalue weighted by Crippen LogP contribution is -2.75. The third-order valence-corrected chi connectivity index (χ3v) is 26.5. The molecule has 3 aliphatic heterocycles. The number of nitrogens with one attached hydrogen (secondary N) is 6. The highest BCUT2D eigenvalue weighted by Crippen LogP contribution is 2.80. The normalized spacial score (nSPS) is 46.2. The van der Waals surface area contributed by atoms with Gasteiger partial charge >= 0.3 is 5.97 Å². The van der Waals surface area contributed by atoms with Gasteiger partial charge in [0.05, 0.1) is 60.7 Å². The molecule has 88 heavy (non-hydrogen) atoms. The molecule has 7 aliphatic carbocycles. The van der Waals surface area contributed by atoms with E-state index in [1.54, 1.807) is 12.5 Å². The van der Waals surface area contributed by atoms with E-state index in [1.165, 1.54) is 6.33 Å². The van der Waals surface area contributed by atoms with E-state index in [4.69, 9.17) is 20.2 Å². The molecule has 0 radical (unpaired) electrons. The number of fused-ring (bicyclic) bond motifs is 8. The first-order chi connectivity index (χ1) is 41.8. The molecule has 488 valence electrons. The van der Waals surface area contributed by atoms with Gasteiger partial charge < -0.3 is 92.4 Å². The molecule has 2 saturated heterocycles. The van der Waals surface area contributed by atoms with Crippen LogP contribution < -0.4 is 27.0 Å². The van der Waals surface area contributed by atoms with Crippen LogP contribution in [-0.2, 0) is 25.5 Å². The number of carbonyl (C=O) groups is 2. The number of carbonyl (C=O) groups excluding carboxylic acids is 1. The van der Waals surface area contributed by atoms with Gasteiger partial charge in [-0.25, -0.2) is 9.97 Å². The minimum atomic E-state index is -1.72. The number of aliphatic hydroxyl groups is 8. The second kappa shape index (κ2) is 23.5. The number of anilines is 1. The van der Waals surface area contributed by atoms with Crippen molar-refractivity contribution in [3.8, 4) is 11.8 Å². The Balaban J connectivity index is 1.06. The molecule has 27 atom stereocenters. The Morgan fingerprint density at radius 2 is 1.68 bits per heavy atom. The number of H-pyrrole nitrogens is 2. The predicted octanol–water partition coefficient (Wildman–Crippen LogP) is 2.20. The molecule has 22 nitrogen and oxygen atoms in total. The van der Waals surface area contributed by atoms with Crippen LogP contribution in [0, 0.1) is 115 Å². The highest BCUT2D eigenvalue weighted by molar-refractivity contribution is 5.87. The summed E-state index contributed by atoms with van der Waals surface area (Å²) < 4.78 is 12.9. The molecule has 12 rings (SSSR count). The fraction of sp³-hybridized carbons (Fsp3) is 0.818. The third-order valence-electron chi connectivity index (χ3n) is 26.5. The molecule has 2 aromatic rings. The first-order valence-corrected chi connectivity index (χ1v) is 33.1. The van der Waals surface area contributed by atoms with Gasteiger partial charge in [-0.2, -0.15) is 0 Å². The quantitative estimate of drug-likeness (QED) is 0.0334. The largest absolute Gasteiger partial charge is 0.481 e. The number of carboxylic acids is 1. The topological polar surface area (TPSA) is 366 Å². The summed E-state index contributed by atoms with van der Waals surface area (Å²) in [7, 11) is 0. The smallest absolute Gasteiger partial charge is 0.310 e. The standard InChI is InChI=1S/C66H101N9O13/c1-33(2)13-18-68-19-20-69-25-36(55(67)83)49(79)47(44-27-70-31-72-44)48-39-22-40-50(80)54(88-57-52(82)51(81)45(78)28-87-57)61(4,30-77)46-12-15-62(5)53(63(40,46)6)34(10-11-35-9-8-14-65(35,39)58(84)75-48)21-37-41-24-60(3,29-76)16-17-66(41,59(85)86)42-26-71-56-43(73-32-74-56)23-38(42)64(37,62)7/h21,27,31-36,38-42,45-55,57,68-69,71,76-83H,8-9,12-20,22-26,28-30,67H2,1-7H3,(H,70,72)(H,73,74)(H,75,84)(H,85,86). The number of rotatable bonds is 18. The van der Waals surface area contributed by atoms with Crippen molar-refractivity contribution < 1.29 is 65.0 Å². The molecule has 0 aromatic carbocycles. The van der Waals surface area contributed by atoms with Gasteiger partial charge in [-0.3, -0.25) is 9.59 Å². The maximum atomic E-state index is 15.9. The molecule has 22 heteroatoms. The molecular weight excluding hydrogens is 1130 g/mol. The Kier molecular flexibility index (Phi) is 17.1. The number of aliphatic carboxylic acids is 1. The van der Waals surface area contributed by atoms with Gasteiger partial charge in [-0.15, -0.1) is 0 Å². The van der Waals surface area contributed by atoms with Crippen molar-refractivity contribution >= 4 is 17.7 Å². The number of amides is 1. The maximum absolute atomic E-state index is 15.9.